The van der Waals surface area contributed by atoms with Crippen molar-refractivity contribution in [2.24, 2.45) is 0 Å². The van der Waals surface area contributed by atoms with Gasteiger partial charge in [-0.2, -0.15) is 4.98 Å². The lowest BCUT2D eigenvalue weighted by Crippen LogP contribution is -2.36. The first kappa shape index (κ1) is 23.6. The molecule has 1 saturated heterocycles. The normalized spacial score (nSPS) is 22.6. The summed E-state index contributed by atoms with van der Waals surface area (Å²) >= 11 is 0. The highest BCUT2D eigenvalue weighted by Crippen LogP contribution is 2.30. The maximum Gasteiger partial charge on any atom is 0.351 e. The average Bonchev–Trinajstić information content (AvgIpc) is 3.05. The molecule has 10 heteroatoms. The number of carbonyl (C=O) groups excluding carboxylic acids is 1. The van der Waals surface area contributed by atoms with Crippen LogP contribution in [-0.4, -0.2) is 57.3 Å². The number of esters is 1. The van der Waals surface area contributed by atoms with Gasteiger partial charge < -0.3 is 30.2 Å². The molecule has 2 aromatic rings. The number of hydrogen-bond acceptors (Lipinski definition) is 9. The zero-order valence-electron chi connectivity index (χ0n) is 17.5. The van der Waals surface area contributed by atoms with E-state index < -0.39 is 36.2 Å². The molecule has 0 saturated carbocycles. The number of aliphatic hydroxyl groups excluding tert-OH is 2. The highest BCUT2D eigenvalue weighted by Gasteiger charge is 2.45. The van der Waals surface area contributed by atoms with Gasteiger partial charge in [0, 0.05) is 18.2 Å². The quantitative estimate of drug-likeness (QED) is 0.354. The second-order valence-corrected chi connectivity index (χ2v) is 7.34. The standard InChI is InChI=1S/C22H27N3O7/c1-2-15-12-25(22(29)24-20(15)23)21-19(28)18(27)16(32-21)11-17(26)31-10-6-9-30-13-14-7-4-3-5-8-14/h2-5,7-8,12,16,18-19,21,27-28H,1,6,9-11,13H2,(H2,23,24,29)/t16-,18-,19-,21-/m1/s1. The number of nitrogen functional groups attached to an aromatic ring is 1. The largest absolute Gasteiger partial charge is 0.466 e. The molecule has 1 fully saturated rings. The van der Waals surface area contributed by atoms with E-state index in [4.69, 9.17) is 19.9 Å². The average molecular weight is 445 g/mol. The number of anilines is 1. The van der Waals surface area contributed by atoms with E-state index in [1.807, 2.05) is 30.3 Å². The van der Waals surface area contributed by atoms with E-state index in [9.17, 15) is 19.8 Å². The molecule has 172 valence electrons. The number of rotatable bonds is 10. The van der Waals surface area contributed by atoms with Gasteiger partial charge in [-0.1, -0.05) is 43.0 Å². The summed E-state index contributed by atoms with van der Waals surface area (Å²) in [5, 5.41) is 20.6. The van der Waals surface area contributed by atoms with Crippen LogP contribution < -0.4 is 11.4 Å². The molecule has 0 unspecified atom stereocenters. The second kappa shape index (κ2) is 11.0. The van der Waals surface area contributed by atoms with E-state index in [1.54, 1.807) is 0 Å². The molecule has 1 aliphatic rings. The Balaban J connectivity index is 1.45. The Bertz CT molecular complexity index is 979. The lowest BCUT2D eigenvalue weighted by Gasteiger charge is -2.18. The van der Waals surface area contributed by atoms with Crippen LogP contribution in [0.4, 0.5) is 5.82 Å². The molecule has 3 rings (SSSR count). The summed E-state index contributed by atoms with van der Waals surface area (Å²) in [6.45, 7) is 4.62. The van der Waals surface area contributed by atoms with Crippen molar-refractivity contribution < 1.29 is 29.2 Å². The first-order chi connectivity index (χ1) is 15.4. The molecule has 1 aromatic carbocycles. The highest BCUT2D eigenvalue weighted by atomic mass is 16.6. The zero-order valence-corrected chi connectivity index (χ0v) is 17.5. The van der Waals surface area contributed by atoms with Crippen molar-refractivity contribution >= 4 is 17.9 Å². The van der Waals surface area contributed by atoms with E-state index in [0.29, 0.717) is 25.2 Å². The lowest BCUT2D eigenvalue weighted by molar-refractivity contribution is -0.149. The van der Waals surface area contributed by atoms with Crippen molar-refractivity contribution in [3.8, 4) is 0 Å². The Hall–Kier alpha value is -3.05. The highest BCUT2D eigenvalue weighted by molar-refractivity contribution is 5.70. The summed E-state index contributed by atoms with van der Waals surface area (Å²) in [6, 6.07) is 9.71. The second-order valence-electron chi connectivity index (χ2n) is 7.34. The van der Waals surface area contributed by atoms with E-state index in [1.165, 1.54) is 12.3 Å². The monoisotopic (exact) mass is 445 g/mol. The zero-order chi connectivity index (χ0) is 23.1. The summed E-state index contributed by atoms with van der Waals surface area (Å²) in [7, 11) is 0. The number of nitrogens with two attached hydrogens (primary N) is 1. The molecule has 0 spiro atoms. The topological polar surface area (TPSA) is 146 Å². The third-order valence-corrected chi connectivity index (χ3v) is 5.02. The minimum absolute atomic E-state index is 0.0119. The first-order valence-corrected chi connectivity index (χ1v) is 10.2. The van der Waals surface area contributed by atoms with Crippen LogP contribution in [0.25, 0.3) is 6.08 Å². The number of ether oxygens (including phenoxy) is 3. The smallest absolute Gasteiger partial charge is 0.351 e. The van der Waals surface area contributed by atoms with Gasteiger partial charge in [-0.25, -0.2) is 4.79 Å². The molecule has 4 atom stereocenters. The van der Waals surface area contributed by atoms with Crippen LogP contribution in [0.15, 0.2) is 47.9 Å². The van der Waals surface area contributed by atoms with Crippen molar-refractivity contribution in [1.82, 2.24) is 9.55 Å². The molecule has 2 heterocycles. The molecule has 1 aromatic heterocycles. The van der Waals surface area contributed by atoms with E-state index in [0.717, 1.165) is 10.1 Å². The third-order valence-electron chi connectivity index (χ3n) is 5.02. The van der Waals surface area contributed by atoms with Crippen LogP contribution in [-0.2, 0) is 25.6 Å². The molecule has 32 heavy (non-hydrogen) atoms. The number of benzene rings is 1. The van der Waals surface area contributed by atoms with Gasteiger partial charge in [0.2, 0.25) is 0 Å². The van der Waals surface area contributed by atoms with Crippen molar-refractivity contribution in [2.75, 3.05) is 18.9 Å². The fourth-order valence-electron chi connectivity index (χ4n) is 3.30. The molecular weight excluding hydrogens is 418 g/mol. The molecular formula is C22H27N3O7. The summed E-state index contributed by atoms with van der Waals surface area (Å²) in [5.41, 5.74) is 6.31. The Labute approximate surface area is 184 Å². The Morgan fingerprint density at radius 2 is 2.00 bits per heavy atom. The summed E-state index contributed by atoms with van der Waals surface area (Å²) in [5.74, 6) is -0.610. The van der Waals surface area contributed by atoms with Crippen molar-refractivity contribution in [3.05, 3.63) is 64.7 Å². The predicted octanol–water partition coefficient (Wildman–Crippen LogP) is 0.628. The van der Waals surface area contributed by atoms with Crippen LogP contribution in [0, 0.1) is 0 Å². The molecule has 0 radical (unpaired) electrons. The molecule has 0 aliphatic carbocycles. The Morgan fingerprint density at radius 3 is 2.72 bits per heavy atom. The van der Waals surface area contributed by atoms with Gasteiger partial charge in [-0.05, 0) is 5.56 Å². The van der Waals surface area contributed by atoms with Crippen LogP contribution in [0.2, 0.25) is 0 Å². The number of aliphatic hydroxyl groups is 2. The molecule has 0 amide bonds. The number of carbonyl (C=O) groups is 1. The minimum atomic E-state index is -1.44. The van der Waals surface area contributed by atoms with Gasteiger partial charge in [-0.15, -0.1) is 0 Å². The summed E-state index contributed by atoms with van der Waals surface area (Å²) in [4.78, 5) is 27.9. The Kier molecular flexibility index (Phi) is 8.12. The number of aromatic nitrogens is 2. The van der Waals surface area contributed by atoms with Crippen LogP contribution in [0.5, 0.6) is 0 Å². The van der Waals surface area contributed by atoms with Crippen LogP contribution >= 0.6 is 0 Å². The predicted molar refractivity (Wildman–Crippen MR) is 115 cm³/mol. The van der Waals surface area contributed by atoms with Gasteiger partial charge in [0.1, 0.15) is 18.0 Å². The van der Waals surface area contributed by atoms with Crippen molar-refractivity contribution in [3.63, 3.8) is 0 Å². The van der Waals surface area contributed by atoms with Gasteiger partial charge in [0.25, 0.3) is 0 Å². The molecule has 1 aliphatic heterocycles. The van der Waals surface area contributed by atoms with E-state index in [2.05, 4.69) is 11.6 Å². The maximum atomic E-state index is 12.2. The summed E-state index contributed by atoms with van der Waals surface area (Å²) in [6.07, 6.45) is -2.16. The Morgan fingerprint density at radius 1 is 1.25 bits per heavy atom. The SMILES string of the molecule is C=Cc1cn([C@@H]2O[C@H](CC(=O)OCCCOCc3ccccc3)[C@@H](O)[C@H]2O)c(=O)nc1N. The van der Waals surface area contributed by atoms with E-state index in [-0.39, 0.29) is 18.8 Å². The molecule has 4 N–H and O–H groups in total. The van der Waals surface area contributed by atoms with Gasteiger partial charge in [0.15, 0.2) is 6.23 Å². The maximum absolute atomic E-state index is 12.2. The van der Waals surface area contributed by atoms with Crippen molar-refractivity contribution in [2.45, 2.75) is 44.0 Å². The first-order valence-electron chi connectivity index (χ1n) is 10.2. The van der Waals surface area contributed by atoms with Gasteiger partial charge in [-0.3, -0.25) is 9.36 Å². The van der Waals surface area contributed by atoms with Crippen LogP contribution in [0.1, 0.15) is 30.2 Å². The fourth-order valence-corrected chi connectivity index (χ4v) is 3.30. The third kappa shape index (κ3) is 5.80. The minimum Gasteiger partial charge on any atom is -0.466 e. The molecule has 10 nitrogen and oxygen atoms in total. The number of hydrogen-bond donors (Lipinski definition) is 3. The van der Waals surface area contributed by atoms with Crippen LogP contribution in [0.3, 0.4) is 0 Å². The number of nitrogens with zero attached hydrogens (tertiary/aromatic N) is 2. The fraction of sp³-hybridized carbons (Fsp3) is 0.409. The van der Waals surface area contributed by atoms with Crippen molar-refractivity contribution in [1.29, 1.82) is 0 Å². The van der Waals surface area contributed by atoms with Gasteiger partial charge >= 0.3 is 11.7 Å². The molecule has 0 bridgehead atoms. The summed E-state index contributed by atoms with van der Waals surface area (Å²) < 4.78 is 17.3. The lowest BCUT2D eigenvalue weighted by atomic mass is 10.1. The van der Waals surface area contributed by atoms with E-state index >= 15 is 0 Å². The van der Waals surface area contributed by atoms with Gasteiger partial charge in [0.05, 0.1) is 32.3 Å².